The number of anilines is 1. The molecule has 0 unspecified atom stereocenters. The van der Waals surface area contributed by atoms with E-state index in [4.69, 9.17) is 21.5 Å². The molecule has 0 spiro atoms. The van der Waals surface area contributed by atoms with Crippen molar-refractivity contribution in [3.8, 4) is 0 Å². The monoisotopic (exact) mass is 285 g/mol. The minimum Gasteiger partial charge on any atom is -0.399 e. The van der Waals surface area contributed by atoms with Crippen molar-refractivity contribution in [1.29, 1.82) is 0 Å². The molecule has 0 aliphatic heterocycles. The average Bonchev–Trinajstić information content (AvgIpc) is 2.37. The van der Waals surface area contributed by atoms with Gasteiger partial charge in [-0.3, -0.25) is 0 Å². The minimum atomic E-state index is -0.393. The first-order valence-corrected chi connectivity index (χ1v) is 7.28. The number of carbonyl (C=O) groups excluding carboxylic acids is 1. The summed E-state index contributed by atoms with van der Waals surface area (Å²) < 4.78 is 5.24. The number of halogens is 1. The first kappa shape index (κ1) is 13.6. The Labute approximate surface area is 116 Å². The Morgan fingerprint density at radius 1 is 1.33 bits per heavy atom. The number of rotatable bonds is 3. The van der Waals surface area contributed by atoms with Crippen molar-refractivity contribution in [1.82, 2.24) is 0 Å². The quantitative estimate of drug-likeness (QED) is 0.672. The zero-order valence-corrected chi connectivity index (χ0v) is 11.6. The molecule has 1 saturated carbocycles. The van der Waals surface area contributed by atoms with E-state index < -0.39 is 5.97 Å². The van der Waals surface area contributed by atoms with Crippen LogP contribution in [0.15, 0.2) is 18.2 Å². The van der Waals surface area contributed by atoms with Crippen molar-refractivity contribution in [2.75, 3.05) is 5.73 Å². The minimum absolute atomic E-state index is 0.337. The second-order valence-corrected chi connectivity index (χ2v) is 5.90. The molecule has 3 nitrogen and oxygen atoms in total. The Bertz CT molecular complexity index is 433. The molecule has 1 aliphatic rings. The molecule has 0 atom stereocenters. The number of hydrogen-bond donors (Lipinski definition) is 1. The molecule has 1 aromatic carbocycles. The van der Waals surface area contributed by atoms with Crippen molar-refractivity contribution >= 4 is 35.3 Å². The number of nitrogens with two attached hydrogens (primary N) is 1. The highest BCUT2D eigenvalue weighted by Gasteiger charge is 2.19. The summed E-state index contributed by atoms with van der Waals surface area (Å²) in [5, 5.41) is 0.763. The van der Waals surface area contributed by atoms with Crippen LogP contribution in [-0.2, 0) is 4.18 Å². The van der Waals surface area contributed by atoms with E-state index in [1.54, 1.807) is 18.2 Å². The summed E-state index contributed by atoms with van der Waals surface area (Å²) in [5.41, 5.74) is 6.48. The number of nitrogen functional groups attached to an aromatic ring is 1. The lowest BCUT2D eigenvalue weighted by atomic mass is 10.0. The fourth-order valence-corrected chi connectivity index (χ4v) is 3.12. The molecule has 2 rings (SSSR count). The highest BCUT2D eigenvalue weighted by Crippen LogP contribution is 2.30. The summed E-state index contributed by atoms with van der Waals surface area (Å²) in [5.74, 6) is -0.393. The van der Waals surface area contributed by atoms with Crippen molar-refractivity contribution in [2.45, 2.75) is 37.4 Å². The normalized spacial score (nSPS) is 16.5. The van der Waals surface area contributed by atoms with Gasteiger partial charge in [-0.15, -0.1) is 0 Å². The van der Waals surface area contributed by atoms with Crippen molar-refractivity contribution in [2.24, 2.45) is 0 Å². The summed E-state index contributed by atoms with van der Waals surface area (Å²) >= 11 is 7.23. The predicted molar refractivity (Wildman–Crippen MR) is 75.7 cm³/mol. The van der Waals surface area contributed by atoms with Crippen LogP contribution in [-0.4, -0.2) is 11.2 Å². The van der Waals surface area contributed by atoms with Crippen LogP contribution in [0.3, 0.4) is 0 Å². The lowest BCUT2D eigenvalue weighted by Gasteiger charge is -2.19. The van der Waals surface area contributed by atoms with Gasteiger partial charge in [-0.1, -0.05) is 30.9 Å². The highest BCUT2D eigenvalue weighted by atomic mass is 35.5. The molecule has 1 aromatic rings. The fraction of sp³-hybridized carbons (Fsp3) is 0.462. The smallest absolute Gasteiger partial charge is 0.351 e. The van der Waals surface area contributed by atoms with Crippen LogP contribution in [0.5, 0.6) is 0 Å². The van der Waals surface area contributed by atoms with Crippen LogP contribution >= 0.6 is 23.6 Å². The van der Waals surface area contributed by atoms with Gasteiger partial charge in [0, 0.05) is 10.9 Å². The Morgan fingerprint density at radius 2 is 2.06 bits per heavy atom. The maximum atomic E-state index is 11.9. The van der Waals surface area contributed by atoms with Gasteiger partial charge in [0.1, 0.15) is 0 Å². The van der Waals surface area contributed by atoms with E-state index in [2.05, 4.69) is 0 Å². The zero-order chi connectivity index (χ0) is 13.0. The van der Waals surface area contributed by atoms with E-state index in [0.717, 1.165) is 12.8 Å². The molecule has 98 valence electrons. The molecular formula is C13H16ClNO2S. The Kier molecular flexibility index (Phi) is 4.78. The molecule has 0 radical (unpaired) electrons. The molecule has 0 saturated heterocycles. The molecule has 18 heavy (non-hydrogen) atoms. The maximum Gasteiger partial charge on any atom is 0.351 e. The Balaban J connectivity index is 1.90. The van der Waals surface area contributed by atoms with Gasteiger partial charge < -0.3 is 9.92 Å². The van der Waals surface area contributed by atoms with E-state index in [1.807, 2.05) is 0 Å². The van der Waals surface area contributed by atoms with Crippen molar-refractivity contribution in [3.05, 3.63) is 28.8 Å². The van der Waals surface area contributed by atoms with Crippen LogP contribution in [0.4, 0.5) is 5.69 Å². The van der Waals surface area contributed by atoms with Crippen LogP contribution < -0.4 is 5.73 Å². The molecule has 0 amide bonds. The maximum absolute atomic E-state index is 11.9. The third kappa shape index (κ3) is 3.56. The summed E-state index contributed by atoms with van der Waals surface area (Å²) in [7, 11) is 0. The van der Waals surface area contributed by atoms with Crippen LogP contribution in [0.1, 0.15) is 42.5 Å². The molecular weight excluding hydrogens is 270 g/mol. The van der Waals surface area contributed by atoms with Gasteiger partial charge in [0.25, 0.3) is 0 Å². The third-order valence-corrected chi connectivity index (χ3v) is 4.33. The van der Waals surface area contributed by atoms with Gasteiger partial charge in [0.15, 0.2) is 0 Å². The Hall–Kier alpha value is -0.870. The van der Waals surface area contributed by atoms with Gasteiger partial charge in [-0.05, 0) is 31.0 Å². The Morgan fingerprint density at radius 3 is 2.72 bits per heavy atom. The van der Waals surface area contributed by atoms with E-state index in [0.29, 0.717) is 21.5 Å². The second kappa shape index (κ2) is 6.34. The van der Waals surface area contributed by atoms with E-state index in [-0.39, 0.29) is 0 Å². The molecule has 5 heteroatoms. The van der Waals surface area contributed by atoms with Gasteiger partial charge in [-0.25, -0.2) is 4.79 Å². The molecule has 2 N–H and O–H groups in total. The summed E-state index contributed by atoms with van der Waals surface area (Å²) in [4.78, 5) is 11.9. The number of benzene rings is 1. The standard InChI is InChI=1S/C13H16ClNO2S/c14-12-8-9(15)6-7-11(12)13(16)17-18-10-4-2-1-3-5-10/h6-8,10H,1-5,15H2. The van der Waals surface area contributed by atoms with Gasteiger partial charge in [-0.2, -0.15) is 0 Å². The zero-order valence-electron chi connectivity index (χ0n) is 10.0. The first-order chi connectivity index (χ1) is 8.66. The molecule has 0 heterocycles. The molecule has 1 aliphatic carbocycles. The van der Waals surface area contributed by atoms with E-state index >= 15 is 0 Å². The largest absolute Gasteiger partial charge is 0.399 e. The topological polar surface area (TPSA) is 52.3 Å². The van der Waals surface area contributed by atoms with Crippen LogP contribution in [0, 0.1) is 0 Å². The van der Waals surface area contributed by atoms with Gasteiger partial charge in [0.2, 0.25) is 0 Å². The number of carbonyl (C=O) groups is 1. The lowest BCUT2D eigenvalue weighted by Crippen LogP contribution is -2.11. The second-order valence-electron chi connectivity index (χ2n) is 4.47. The van der Waals surface area contributed by atoms with E-state index in [9.17, 15) is 4.79 Å². The lowest BCUT2D eigenvalue weighted by molar-refractivity contribution is 0.0766. The summed E-state index contributed by atoms with van der Waals surface area (Å²) in [6.45, 7) is 0. The predicted octanol–water partition coefficient (Wildman–Crippen LogP) is 4.06. The average molecular weight is 286 g/mol. The van der Waals surface area contributed by atoms with E-state index in [1.165, 1.54) is 31.3 Å². The SMILES string of the molecule is Nc1ccc(C(=O)OSC2CCCCC2)c(Cl)c1. The van der Waals surface area contributed by atoms with Crippen molar-refractivity contribution < 1.29 is 8.98 Å². The van der Waals surface area contributed by atoms with Crippen molar-refractivity contribution in [3.63, 3.8) is 0 Å². The van der Waals surface area contributed by atoms with Crippen LogP contribution in [0.2, 0.25) is 5.02 Å². The summed E-state index contributed by atoms with van der Waals surface area (Å²) in [6.07, 6.45) is 5.96. The van der Waals surface area contributed by atoms with Gasteiger partial charge >= 0.3 is 5.97 Å². The van der Waals surface area contributed by atoms with Gasteiger partial charge in [0.05, 0.1) is 22.6 Å². The first-order valence-electron chi connectivity index (χ1n) is 6.09. The molecule has 1 fully saturated rings. The third-order valence-electron chi connectivity index (χ3n) is 3.03. The fourth-order valence-electron chi connectivity index (χ4n) is 2.01. The number of hydrogen-bond acceptors (Lipinski definition) is 4. The molecule has 0 bridgehead atoms. The molecule has 0 aromatic heterocycles. The summed E-state index contributed by atoms with van der Waals surface area (Å²) in [6, 6.07) is 4.80. The highest BCUT2D eigenvalue weighted by molar-refractivity contribution is 7.95. The van der Waals surface area contributed by atoms with Crippen LogP contribution in [0.25, 0.3) is 0 Å².